The zero-order valence-corrected chi connectivity index (χ0v) is 11.6. The topological polar surface area (TPSA) is 37.3 Å². The highest BCUT2D eigenvalue weighted by Crippen LogP contribution is 2.14. The van der Waals surface area contributed by atoms with E-state index >= 15 is 0 Å². The number of benzene rings is 1. The lowest BCUT2D eigenvalue weighted by atomic mass is 10.0. The van der Waals surface area contributed by atoms with Crippen molar-refractivity contribution in [1.82, 2.24) is 0 Å². The van der Waals surface area contributed by atoms with Crippen molar-refractivity contribution >= 4 is 23.0 Å². The maximum atomic E-state index is 10.8. The molecule has 0 radical (unpaired) electrons. The van der Waals surface area contributed by atoms with Crippen LogP contribution in [0.25, 0.3) is 6.08 Å². The van der Waals surface area contributed by atoms with Crippen LogP contribution in [-0.4, -0.2) is 22.6 Å². The van der Waals surface area contributed by atoms with E-state index < -0.39 is 0 Å². The summed E-state index contributed by atoms with van der Waals surface area (Å²) < 4.78 is 0. The molecule has 0 fully saturated rings. The van der Waals surface area contributed by atoms with Crippen LogP contribution in [0.3, 0.4) is 0 Å². The van der Waals surface area contributed by atoms with Crippen molar-refractivity contribution in [1.29, 1.82) is 0 Å². The zero-order chi connectivity index (χ0) is 13.2. The second-order valence-electron chi connectivity index (χ2n) is 4.06. The van der Waals surface area contributed by atoms with Gasteiger partial charge in [0, 0.05) is 19.3 Å². The molecule has 0 aliphatic rings. The van der Waals surface area contributed by atoms with Crippen LogP contribution in [0.2, 0.25) is 0 Å². The molecule has 0 saturated carbocycles. The van der Waals surface area contributed by atoms with Crippen LogP contribution < -0.4 is 0 Å². The molecule has 3 heteroatoms. The summed E-state index contributed by atoms with van der Waals surface area (Å²) in [6, 6.07) is 8.23. The smallest absolute Gasteiger partial charge is 0.185 e. The maximum Gasteiger partial charge on any atom is 0.185 e. The average molecular weight is 264 g/mol. The minimum absolute atomic E-state index is 0.173. The lowest BCUT2D eigenvalue weighted by Gasteiger charge is -2.04. The van der Waals surface area contributed by atoms with E-state index in [4.69, 9.17) is 5.11 Å². The number of hydrogen-bond acceptors (Lipinski definition) is 3. The monoisotopic (exact) mass is 264 g/mol. The number of thioether (sulfide) groups is 1. The first kappa shape index (κ1) is 15.0. The van der Waals surface area contributed by atoms with E-state index in [0.29, 0.717) is 0 Å². The third-order valence-corrected chi connectivity index (χ3v) is 3.39. The van der Waals surface area contributed by atoms with Crippen molar-refractivity contribution in [2.24, 2.45) is 0 Å². The van der Waals surface area contributed by atoms with Gasteiger partial charge in [-0.3, -0.25) is 4.79 Å². The van der Waals surface area contributed by atoms with Gasteiger partial charge in [0.25, 0.3) is 0 Å². The van der Waals surface area contributed by atoms with Gasteiger partial charge < -0.3 is 5.11 Å². The fourth-order valence-corrected chi connectivity index (χ4v) is 2.22. The fourth-order valence-electron chi connectivity index (χ4n) is 1.67. The van der Waals surface area contributed by atoms with Gasteiger partial charge in [-0.1, -0.05) is 48.2 Å². The number of carbonyl (C=O) groups is 1. The molecule has 1 N–H and O–H groups in total. The molecule has 2 nitrogen and oxygen atoms in total. The summed E-state index contributed by atoms with van der Waals surface area (Å²) in [6.07, 6.45) is 6.81. The highest BCUT2D eigenvalue weighted by molar-refractivity contribution is 8.13. The third kappa shape index (κ3) is 6.03. The Bertz CT molecular complexity index is 399. The van der Waals surface area contributed by atoms with Gasteiger partial charge >= 0.3 is 0 Å². The molecule has 0 saturated heterocycles. The number of aliphatic hydroxyl groups excluding tert-OH is 1. The summed E-state index contributed by atoms with van der Waals surface area (Å²) in [4.78, 5) is 10.8. The highest BCUT2D eigenvalue weighted by atomic mass is 32.2. The summed E-state index contributed by atoms with van der Waals surface area (Å²) in [5.74, 6) is 0.838. The predicted octanol–water partition coefficient (Wildman–Crippen LogP) is 3.29. The lowest BCUT2D eigenvalue weighted by molar-refractivity contribution is -0.109. The van der Waals surface area contributed by atoms with E-state index in [1.165, 1.54) is 22.9 Å². The van der Waals surface area contributed by atoms with Gasteiger partial charge in [0.15, 0.2) is 5.12 Å². The van der Waals surface area contributed by atoms with Crippen molar-refractivity contribution < 1.29 is 9.90 Å². The first-order valence-corrected chi connectivity index (χ1v) is 7.21. The van der Waals surface area contributed by atoms with Crippen molar-refractivity contribution in [3.63, 3.8) is 0 Å². The van der Waals surface area contributed by atoms with Crippen LogP contribution in [0.4, 0.5) is 0 Å². The quantitative estimate of drug-likeness (QED) is 0.768. The van der Waals surface area contributed by atoms with Crippen LogP contribution in [0, 0.1) is 0 Å². The van der Waals surface area contributed by atoms with Crippen LogP contribution in [-0.2, 0) is 11.2 Å². The maximum absolute atomic E-state index is 10.8. The second-order valence-corrected chi connectivity index (χ2v) is 5.33. The SMILES string of the molecule is CC(=O)SCCC=Cc1ccccc1CCCO. The Hall–Kier alpha value is -1.06. The Morgan fingerprint density at radius 2 is 2.17 bits per heavy atom. The molecule has 1 aromatic rings. The molecule has 18 heavy (non-hydrogen) atoms. The minimum atomic E-state index is 0.173. The molecule has 0 aromatic heterocycles. The van der Waals surface area contributed by atoms with Crippen LogP contribution in [0.15, 0.2) is 30.3 Å². The molecule has 0 amide bonds. The number of hydrogen-bond donors (Lipinski definition) is 1. The first-order chi connectivity index (χ1) is 8.74. The Morgan fingerprint density at radius 1 is 1.39 bits per heavy atom. The molecule has 0 unspecified atom stereocenters. The number of carbonyl (C=O) groups excluding carboxylic acids is 1. The summed E-state index contributed by atoms with van der Waals surface area (Å²) in [5.41, 5.74) is 2.47. The Morgan fingerprint density at radius 3 is 2.89 bits per heavy atom. The molecule has 98 valence electrons. The van der Waals surface area contributed by atoms with E-state index in [9.17, 15) is 4.79 Å². The minimum Gasteiger partial charge on any atom is -0.396 e. The van der Waals surface area contributed by atoms with Gasteiger partial charge in [0.05, 0.1) is 0 Å². The van der Waals surface area contributed by atoms with Crippen molar-refractivity contribution in [3.05, 3.63) is 41.5 Å². The van der Waals surface area contributed by atoms with Crippen LogP contribution in [0.5, 0.6) is 0 Å². The Balaban J connectivity index is 2.49. The predicted molar refractivity (Wildman–Crippen MR) is 78.6 cm³/mol. The molecule has 0 aliphatic heterocycles. The zero-order valence-electron chi connectivity index (χ0n) is 10.8. The number of aliphatic hydroxyl groups is 1. The molecule has 0 aliphatic carbocycles. The first-order valence-electron chi connectivity index (χ1n) is 6.22. The van der Waals surface area contributed by atoms with Gasteiger partial charge in [-0.05, 0) is 30.4 Å². The van der Waals surface area contributed by atoms with E-state index in [1.54, 1.807) is 6.92 Å². The van der Waals surface area contributed by atoms with Gasteiger partial charge in [0.1, 0.15) is 0 Å². The van der Waals surface area contributed by atoms with Crippen LogP contribution >= 0.6 is 11.8 Å². The summed E-state index contributed by atoms with van der Waals surface area (Å²) in [5, 5.41) is 9.04. The average Bonchev–Trinajstić information content (AvgIpc) is 2.36. The van der Waals surface area contributed by atoms with E-state index in [2.05, 4.69) is 24.3 Å². The normalized spacial score (nSPS) is 11.0. The van der Waals surface area contributed by atoms with Crippen LogP contribution in [0.1, 0.15) is 30.9 Å². The third-order valence-electron chi connectivity index (χ3n) is 2.55. The molecular weight excluding hydrogens is 244 g/mol. The summed E-state index contributed by atoms with van der Waals surface area (Å²) in [6.45, 7) is 1.83. The van der Waals surface area contributed by atoms with Gasteiger partial charge in [-0.15, -0.1) is 0 Å². The van der Waals surface area contributed by atoms with Gasteiger partial charge in [-0.2, -0.15) is 0 Å². The largest absolute Gasteiger partial charge is 0.396 e. The van der Waals surface area contributed by atoms with E-state index in [-0.39, 0.29) is 11.7 Å². The lowest BCUT2D eigenvalue weighted by Crippen LogP contribution is -1.92. The molecular formula is C15H20O2S. The van der Waals surface area contributed by atoms with Gasteiger partial charge in [0.2, 0.25) is 0 Å². The highest BCUT2D eigenvalue weighted by Gasteiger charge is 1.98. The van der Waals surface area contributed by atoms with Crippen molar-refractivity contribution in [2.75, 3.05) is 12.4 Å². The van der Waals surface area contributed by atoms with E-state index in [0.717, 1.165) is 25.0 Å². The molecule has 0 atom stereocenters. The van der Waals surface area contributed by atoms with Gasteiger partial charge in [-0.25, -0.2) is 0 Å². The number of allylic oxidation sites excluding steroid dienone is 1. The number of rotatable bonds is 7. The molecule has 1 aromatic carbocycles. The second kappa shape index (κ2) is 8.95. The summed E-state index contributed by atoms with van der Waals surface area (Å²) >= 11 is 1.36. The molecule has 0 spiro atoms. The standard InChI is InChI=1S/C15H20O2S/c1-13(17)18-12-5-4-9-14-7-2-3-8-15(14)10-6-11-16/h2-4,7-9,16H,5-6,10-12H2,1H3. The summed E-state index contributed by atoms with van der Waals surface area (Å²) in [7, 11) is 0. The van der Waals surface area contributed by atoms with Crippen molar-refractivity contribution in [2.45, 2.75) is 26.2 Å². The van der Waals surface area contributed by atoms with Crippen molar-refractivity contribution in [3.8, 4) is 0 Å². The van der Waals surface area contributed by atoms with E-state index in [1.807, 2.05) is 12.1 Å². The Kier molecular flexibility index (Phi) is 7.46. The fraction of sp³-hybridized carbons (Fsp3) is 0.400. The molecule has 1 rings (SSSR count). The molecule has 0 heterocycles. The number of aryl methyl sites for hydroxylation is 1. The Labute approximate surface area is 113 Å². The molecule has 0 bridgehead atoms.